The minimum absolute atomic E-state index is 0.0139. The molecule has 1 aliphatic heterocycles. The van der Waals surface area contributed by atoms with Crippen LogP contribution in [0, 0.1) is 12.8 Å². The van der Waals surface area contributed by atoms with Crippen molar-refractivity contribution in [2.45, 2.75) is 72.7 Å². The number of ether oxygens (including phenoxy) is 1. The van der Waals surface area contributed by atoms with E-state index < -0.39 is 6.04 Å². The number of hydrogen-bond acceptors (Lipinski definition) is 8. The quantitative estimate of drug-likeness (QED) is 0.165. The van der Waals surface area contributed by atoms with Gasteiger partial charge < -0.3 is 30.8 Å². The first-order valence-corrected chi connectivity index (χ1v) is 15.7. The molecule has 1 heterocycles. The maximum atomic E-state index is 11.8. The summed E-state index contributed by atoms with van der Waals surface area (Å²) in [4.78, 5) is 54.5. The molecule has 3 aromatic rings. The summed E-state index contributed by atoms with van der Waals surface area (Å²) in [5.74, 6) is -0.437. The van der Waals surface area contributed by atoms with Crippen LogP contribution in [0.5, 0.6) is 0 Å². The van der Waals surface area contributed by atoms with Crippen LogP contribution in [0.1, 0.15) is 52.2 Å². The van der Waals surface area contributed by atoms with E-state index in [1.807, 2.05) is 51.1 Å². The number of fused-ring (bicyclic) bond motifs is 1. The van der Waals surface area contributed by atoms with Crippen molar-refractivity contribution < 1.29 is 28.7 Å². The van der Waals surface area contributed by atoms with Crippen molar-refractivity contribution in [2.24, 2.45) is 5.92 Å². The second-order valence-corrected chi connectivity index (χ2v) is 11.3. The van der Waals surface area contributed by atoms with Crippen LogP contribution in [0.4, 0.5) is 0 Å². The molecule has 4 rings (SSSR count). The minimum atomic E-state index is -0.603. The van der Waals surface area contributed by atoms with Crippen molar-refractivity contribution in [3.05, 3.63) is 83.9 Å². The van der Waals surface area contributed by atoms with Crippen LogP contribution >= 0.6 is 0 Å². The molecule has 0 saturated carbocycles. The average Bonchev–Trinajstić information content (AvgIpc) is 3.44. The van der Waals surface area contributed by atoms with E-state index >= 15 is 0 Å². The topological polar surface area (TPSA) is 155 Å². The molecule has 11 heteroatoms. The molecule has 1 unspecified atom stereocenters. The van der Waals surface area contributed by atoms with Crippen molar-refractivity contribution in [1.82, 2.24) is 26.6 Å². The van der Waals surface area contributed by atoms with Gasteiger partial charge in [-0.15, -0.1) is 0 Å². The zero-order chi connectivity index (χ0) is 35.2. The molecule has 0 bridgehead atoms. The number of aryl methyl sites for hydroxylation is 1. The lowest BCUT2D eigenvalue weighted by Crippen LogP contribution is -2.52. The molecule has 1 saturated heterocycles. The highest BCUT2D eigenvalue weighted by Gasteiger charge is 2.23. The Labute approximate surface area is 278 Å². The Morgan fingerprint density at radius 1 is 0.957 bits per heavy atom. The highest BCUT2D eigenvalue weighted by Crippen LogP contribution is 2.16. The van der Waals surface area contributed by atoms with Gasteiger partial charge in [-0.25, -0.2) is 0 Å². The van der Waals surface area contributed by atoms with Crippen LogP contribution in [-0.4, -0.2) is 68.4 Å². The van der Waals surface area contributed by atoms with E-state index in [0.29, 0.717) is 26.0 Å². The van der Waals surface area contributed by atoms with Gasteiger partial charge in [-0.05, 0) is 62.1 Å². The number of likely N-dealkylation sites (N-methyl/N-ethyl adjacent to an activating group) is 1. The summed E-state index contributed by atoms with van der Waals surface area (Å²) in [6.45, 7) is 12.0. The van der Waals surface area contributed by atoms with Crippen molar-refractivity contribution in [3.8, 4) is 0 Å². The smallest absolute Gasteiger partial charge is 0.302 e. The molecule has 0 spiro atoms. The van der Waals surface area contributed by atoms with Gasteiger partial charge in [-0.3, -0.25) is 24.5 Å². The van der Waals surface area contributed by atoms with E-state index in [-0.39, 0.29) is 48.2 Å². The molecule has 3 aromatic carbocycles. The predicted octanol–water partition coefficient (Wildman–Crippen LogP) is 3.39. The Hall–Kier alpha value is -4.61. The van der Waals surface area contributed by atoms with Gasteiger partial charge in [0.15, 0.2) is 0 Å². The molecule has 0 aliphatic carbocycles. The zero-order valence-electron chi connectivity index (χ0n) is 28.6. The Morgan fingerprint density at radius 2 is 1.60 bits per heavy atom. The third-order valence-electron chi connectivity index (χ3n) is 6.88. The highest BCUT2D eigenvalue weighted by molar-refractivity contribution is 5.90. The molecule has 11 nitrogen and oxygen atoms in total. The first-order valence-electron chi connectivity index (χ1n) is 15.7. The van der Waals surface area contributed by atoms with E-state index in [4.69, 9.17) is 4.74 Å². The maximum absolute atomic E-state index is 11.8. The maximum Gasteiger partial charge on any atom is 0.302 e. The second-order valence-electron chi connectivity index (χ2n) is 11.3. The fourth-order valence-electron chi connectivity index (χ4n) is 4.08. The van der Waals surface area contributed by atoms with Gasteiger partial charge in [-0.2, -0.15) is 0 Å². The Bertz CT molecular complexity index is 1390. The lowest BCUT2D eigenvalue weighted by molar-refractivity contribution is -0.142. The lowest BCUT2D eigenvalue weighted by atomic mass is 10.0. The number of rotatable bonds is 10. The molecule has 47 heavy (non-hydrogen) atoms. The van der Waals surface area contributed by atoms with E-state index in [1.54, 1.807) is 14.0 Å². The van der Waals surface area contributed by atoms with Crippen LogP contribution in [0.25, 0.3) is 10.8 Å². The van der Waals surface area contributed by atoms with Crippen molar-refractivity contribution in [1.29, 1.82) is 0 Å². The molecule has 3 amide bonds. The molecule has 256 valence electrons. The number of nitrogens with one attached hydrogen (secondary N) is 5. The molecule has 1 aliphatic rings. The molecule has 0 radical (unpaired) electrons. The number of carbonyl (C=O) groups is 5. The van der Waals surface area contributed by atoms with Gasteiger partial charge in [0.05, 0.1) is 25.3 Å². The standard InChI is InChI=1S/C12H23N3O3.C11H10.C9H10O2.C4H8N2O/c1-8(2)7-10(12(18)14-5-6-16)15-11(17)9(3)13-4;1-9-5-4-7-10-6-2-3-8-11(9)10;1-8(10)11-7-9-5-3-2-4-6-9;1-3-4(7)6-2-5-3/h6,8-10,13H,5,7H2,1-4H3,(H,14,18)(H,15,17);2-8H,1H3;2-6H,7H2,1H3;3,5H,2H2,1H3,(H,6,7)/t9-,10-;;;/m0.../s1. The van der Waals surface area contributed by atoms with Gasteiger partial charge >= 0.3 is 5.97 Å². The first-order chi connectivity index (χ1) is 22.4. The lowest BCUT2D eigenvalue weighted by Gasteiger charge is -2.21. The van der Waals surface area contributed by atoms with Crippen molar-refractivity contribution in [2.75, 3.05) is 20.3 Å². The molecule has 0 aromatic heterocycles. The summed E-state index contributed by atoms with van der Waals surface area (Å²) < 4.78 is 4.79. The average molecular weight is 650 g/mol. The van der Waals surface area contributed by atoms with E-state index in [9.17, 15) is 24.0 Å². The van der Waals surface area contributed by atoms with Gasteiger partial charge in [0.2, 0.25) is 17.7 Å². The Kier molecular flexibility index (Phi) is 19.6. The summed E-state index contributed by atoms with van der Waals surface area (Å²) in [6.07, 6.45) is 1.15. The van der Waals surface area contributed by atoms with Crippen molar-refractivity contribution in [3.63, 3.8) is 0 Å². The molecule has 1 fully saturated rings. The van der Waals surface area contributed by atoms with Crippen LogP contribution in [0.15, 0.2) is 72.8 Å². The number of aldehydes is 1. The zero-order valence-corrected chi connectivity index (χ0v) is 28.6. The van der Waals surface area contributed by atoms with E-state index in [1.165, 1.54) is 23.3 Å². The molecular formula is C36H51N5O6. The van der Waals surface area contributed by atoms with Gasteiger partial charge in [0, 0.05) is 6.92 Å². The number of amides is 3. The first kappa shape index (κ1) is 40.4. The SMILES string of the molecule is CC(=O)OCc1ccccc1.CC1NCNC1=O.CN[C@@H](C)C(=O)N[C@@H](CC(C)C)C(=O)NCC=O.Cc1cccc2ccccc12. The third kappa shape index (κ3) is 17.0. The molecule has 3 atom stereocenters. The van der Waals surface area contributed by atoms with Crippen LogP contribution in [-0.2, 0) is 35.3 Å². The monoisotopic (exact) mass is 649 g/mol. The number of esters is 1. The van der Waals surface area contributed by atoms with Gasteiger partial charge in [-0.1, -0.05) is 86.6 Å². The van der Waals surface area contributed by atoms with Crippen LogP contribution in [0.3, 0.4) is 0 Å². The highest BCUT2D eigenvalue weighted by atomic mass is 16.5. The van der Waals surface area contributed by atoms with E-state index in [2.05, 4.69) is 76.0 Å². The van der Waals surface area contributed by atoms with Crippen molar-refractivity contribution >= 4 is 40.7 Å². The summed E-state index contributed by atoms with van der Waals surface area (Å²) in [7, 11) is 1.67. The number of benzene rings is 3. The van der Waals surface area contributed by atoms with Gasteiger partial charge in [0.25, 0.3) is 0 Å². The molecular weight excluding hydrogens is 598 g/mol. The number of hydrogen-bond donors (Lipinski definition) is 5. The third-order valence-corrected chi connectivity index (χ3v) is 6.88. The fourth-order valence-corrected chi connectivity index (χ4v) is 4.08. The van der Waals surface area contributed by atoms with Crippen LogP contribution < -0.4 is 26.6 Å². The van der Waals surface area contributed by atoms with E-state index in [0.717, 1.165) is 5.56 Å². The summed E-state index contributed by atoms with van der Waals surface area (Å²) in [5, 5.41) is 16.2. The van der Waals surface area contributed by atoms with Gasteiger partial charge in [0.1, 0.15) is 18.9 Å². The molecule has 5 N–H and O–H groups in total. The van der Waals surface area contributed by atoms with Crippen LogP contribution in [0.2, 0.25) is 0 Å². The number of carbonyl (C=O) groups excluding carboxylic acids is 5. The predicted molar refractivity (Wildman–Crippen MR) is 185 cm³/mol. The normalized spacial score (nSPS) is 14.4. The summed E-state index contributed by atoms with van der Waals surface area (Å²) in [5.41, 5.74) is 2.37. The largest absolute Gasteiger partial charge is 0.461 e. The fraction of sp³-hybridized carbons (Fsp3) is 0.417. The summed E-state index contributed by atoms with van der Waals surface area (Å²) >= 11 is 0. The Morgan fingerprint density at radius 3 is 2.11 bits per heavy atom. The summed E-state index contributed by atoms with van der Waals surface area (Å²) in [6, 6.07) is 23.5. The Balaban J connectivity index is 0.000000329. The minimum Gasteiger partial charge on any atom is -0.461 e. The second kappa shape index (κ2) is 22.8.